The maximum atomic E-state index is 11.6. The molecular weight excluding hydrogens is 256 g/mol. The molecule has 0 unspecified atom stereocenters. The number of hydrogen-bond donors (Lipinski definition) is 0. The summed E-state index contributed by atoms with van der Waals surface area (Å²) in [6, 6.07) is 5.96. The van der Waals surface area contributed by atoms with Crippen LogP contribution in [0.25, 0.3) is 0 Å². The fraction of sp³-hybridized carbons (Fsp3) is 0.500. The van der Waals surface area contributed by atoms with Crippen molar-refractivity contribution in [2.75, 3.05) is 13.2 Å². The van der Waals surface area contributed by atoms with Crippen LogP contribution in [0.2, 0.25) is 0 Å². The van der Waals surface area contributed by atoms with Gasteiger partial charge >= 0.3 is 5.97 Å². The van der Waals surface area contributed by atoms with E-state index >= 15 is 0 Å². The standard InChI is InChI=1S/C16H22O4/c1-5-19-16(18)9-14(17)10-20-15-8-13(11(2)3)7-6-12(15)4/h6-8,11H,5,9-10H2,1-4H3. The van der Waals surface area contributed by atoms with Crippen LogP contribution in [0.3, 0.4) is 0 Å². The maximum Gasteiger partial charge on any atom is 0.313 e. The van der Waals surface area contributed by atoms with Crippen LogP contribution < -0.4 is 4.74 Å². The lowest BCUT2D eigenvalue weighted by Gasteiger charge is -2.12. The van der Waals surface area contributed by atoms with Crippen molar-refractivity contribution >= 4 is 11.8 Å². The highest BCUT2D eigenvalue weighted by Gasteiger charge is 2.12. The number of carbonyl (C=O) groups is 2. The predicted octanol–water partition coefficient (Wildman–Crippen LogP) is 3.02. The zero-order valence-electron chi connectivity index (χ0n) is 12.6. The molecule has 4 nitrogen and oxygen atoms in total. The summed E-state index contributed by atoms with van der Waals surface area (Å²) in [5.74, 6) is 0.299. The van der Waals surface area contributed by atoms with Crippen molar-refractivity contribution in [1.82, 2.24) is 0 Å². The summed E-state index contributed by atoms with van der Waals surface area (Å²) in [6.45, 7) is 8.00. The van der Waals surface area contributed by atoms with Gasteiger partial charge in [0, 0.05) is 0 Å². The number of rotatable bonds is 7. The van der Waals surface area contributed by atoms with E-state index in [9.17, 15) is 9.59 Å². The van der Waals surface area contributed by atoms with Gasteiger partial charge < -0.3 is 9.47 Å². The zero-order chi connectivity index (χ0) is 15.1. The van der Waals surface area contributed by atoms with Crippen LogP contribution in [0.5, 0.6) is 5.75 Å². The van der Waals surface area contributed by atoms with Crippen LogP contribution in [-0.2, 0) is 14.3 Å². The molecule has 0 fully saturated rings. The van der Waals surface area contributed by atoms with Crippen molar-refractivity contribution in [2.45, 2.75) is 40.0 Å². The lowest BCUT2D eigenvalue weighted by molar-refractivity contribution is -0.145. The Bertz CT molecular complexity index is 477. The molecule has 0 aliphatic rings. The Labute approximate surface area is 120 Å². The second-order valence-corrected chi connectivity index (χ2v) is 4.99. The lowest BCUT2D eigenvalue weighted by Crippen LogP contribution is -2.17. The third-order valence-corrected chi connectivity index (χ3v) is 2.91. The first-order valence-electron chi connectivity index (χ1n) is 6.84. The molecule has 0 saturated heterocycles. The van der Waals surface area contributed by atoms with E-state index < -0.39 is 5.97 Å². The molecule has 0 spiro atoms. The van der Waals surface area contributed by atoms with Gasteiger partial charge in [-0.3, -0.25) is 9.59 Å². The lowest BCUT2D eigenvalue weighted by atomic mass is 10.0. The van der Waals surface area contributed by atoms with E-state index in [0.717, 1.165) is 11.1 Å². The Hall–Kier alpha value is -1.84. The molecular formula is C16H22O4. The summed E-state index contributed by atoms with van der Waals surface area (Å²) in [5.41, 5.74) is 2.13. The molecule has 0 radical (unpaired) electrons. The Morgan fingerprint density at radius 3 is 2.55 bits per heavy atom. The van der Waals surface area contributed by atoms with E-state index in [2.05, 4.69) is 13.8 Å². The van der Waals surface area contributed by atoms with E-state index in [1.165, 1.54) is 0 Å². The average Bonchev–Trinajstić information content (AvgIpc) is 2.37. The molecule has 0 N–H and O–H groups in total. The van der Waals surface area contributed by atoms with Gasteiger partial charge in [0.25, 0.3) is 0 Å². The third kappa shape index (κ3) is 5.03. The summed E-state index contributed by atoms with van der Waals surface area (Å²) < 4.78 is 10.2. The monoisotopic (exact) mass is 278 g/mol. The largest absolute Gasteiger partial charge is 0.486 e. The maximum absolute atomic E-state index is 11.6. The van der Waals surface area contributed by atoms with E-state index in [1.807, 2.05) is 25.1 Å². The van der Waals surface area contributed by atoms with Gasteiger partial charge in [-0.15, -0.1) is 0 Å². The number of benzene rings is 1. The number of ether oxygens (including phenoxy) is 2. The van der Waals surface area contributed by atoms with Crippen molar-refractivity contribution in [3.63, 3.8) is 0 Å². The highest BCUT2D eigenvalue weighted by molar-refractivity contribution is 5.96. The zero-order valence-corrected chi connectivity index (χ0v) is 12.6. The fourth-order valence-corrected chi connectivity index (χ4v) is 1.71. The molecule has 4 heteroatoms. The van der Waals surface area contributed by atoms with E-state index in [-0.39, 0.29) is 25.4 Å². The summed E-state index contributed by atoms with van der Waals surface area (Å²) in [6.07, 6.45) is -0.239. The number of Topliss-reactive ketones (excluding diaryl/α,β-unsaturated/α-hetero) is 1. The third-order valence-electron chi connectivity index (χ3n) is 2.91. The minimum absolute atomic E-state index is 0.110. The van der Waals surface area contributed by atoms with Crippen LogP contribution in [-0.4, -0.2) is 25.0 Å². The molecule has 110 valence electrons. The van der Waals surface area contributed by atoms with Gasteiger partial charge in [0.2, 0.25) is 0 Å². The molecule has 0 aliphatic carbocycles. The Balaban J connectivity index is 2.59. The predicted molar refractivity (Wildman–Crippen MR) is 77.0 cm³/mol. The molecule has 1 aromatic rings. The van der Waals surface area contributed by atoms with Crippen molar-refractivity contribution in [3.8, 4) is 5.75 Å². The molecule has 0 aliphatic heterocycles. The highest BCUT2D eigenvalue weighted by Crippen LogP contribution is 2.24. The Morgan fingerprint density at radius 1 is 1.25 bits per heavy atom. The molecule has 0 heterocycles. The number of carbonyl (C=O) groups excluding carboxylic acids is 2. The minimum Gasteiger partial charge on any atom is -0.486 e. The van der Waals surface area contributed by atoms with Crippen LogP contribution >= 0.6 is 0 Å². The van der Waals surface area contributed by atoms with Crippen LogP contribution in [0.4, 0.5) is 0 Å². The normalized spacial score (nSPS) is 10.4. The van der Waals surface area contributed by atoms with Gasteiger partial charge in [-0.2, -0.15) is 0 Å². The van der Waals surface area contributed by atoms with Gasteiger partial charge in [0.15, 0.2) is 5.78 Å². The second-order valence-electron chi connectivity index (χ2n) is 4.99. The van der Waals surface area contributed by atoms with E-state index in [0.29, 0.717) is 11.7 Å². The SMILES string of the molecule is CCOC(=O)CC(=O)COc1cc(C(C)C)ccc1C. The smallest absolute Gasteiger partial charge is 0.313 e. The van der Waals surface area contributed by atoms with Gasteiger partial charge in [-0.05, 0) is 37.0 Å². The molecule has 0 atom stereocenters. The number of aryl methyl sites for hydroxylation is 1. The van der Waals surface area contributed by atoms with E-state index in [4.69, 9.17) is 9.47 Å². The van der Waals surface area contributed by atoms with Gasteiger partial charge in [0.1, 0.15) is 18.8 Å². The molecule has 1 rings (SSSR count). The summed E-state index contributed by atoms with van der Waals surface area (Å²) >= 11 is 0. The van der Waals surface area contributed by atoms with Crippen LogP contribution in [0, 0.1) is 6.92 Å². The molecule has 1 aromatic carbocycles. The summed E-state index contributed by atoms with van der Waals surface area (Å²) in [4.78, 5) is 22.8. The molecule has 0 aromatic heterocycles. The minimum atomic E-state index is -0.506. The van der Waals surface area contributed by atoms with Crippen molar-refractivity contribution in [2.24, 2.45) is 0 Å². The quantitative estimate of drug-likeness (QED) is 0.568. The first-order chi connectivity index (χ1) is 9.43. The van der Waals surface area contributed by atoms with Gasteiger partial charge in [0.05, 0.1) is 6.61 Å². The highest BCUT2D eigenvalue weighted by atomic mass is 16.5. The number of ketones is 1. The summed E-state index contributed by atoms with van der Waals surface area (Å²) in [5, 5.41) is 0. The number of esters is 1. The van der Waals surface area contributed by atoms with Crippen LogP contribution in [0.15, 0.2) is 18.2 Å². The number of hydrogen-bond acceptors (Lipinski definition) is 4. The molecule has 0 bridgehead atoms. The average molecular weight is 278 g/mol. The second kappa shape index (κ2) is 7.68. The van der Waals surface area contributed by atoms with Crippen molar-refractivity contribution in [1.29, 1.82) is 0 Å². The van der Waals surface area contributed by atoms with E-state index in [1.54, 1.807) is 6.92 Å². The molecule has 0 amide bonds. The first-order valence-corrected chi connectivity index (χ1v) is 6.84. The fourth-order valence-electron chi connectivity index (χ4n) is 1.71. The molecule has 0 saturated carbocycles. The van der Waals surface area contributed by atoms with Gasteiger partial charge in [-0.25, -0.2) is 0 Å². The van der Waals surface area contributed by atoms with Crippen molar-refractivity contribution in [3.05, 3.63) is 29.3 Å². The first kappa shape index (κ1) is 16.2. The van der Waals surface area contributed by atoms with Crippen molar-refractivity contribution < 1.29 is 19.1 Å². The molecule has 20 heavy (non-hydrogen) atoms. The topological polar surface area (TPSA) is 52.6 Å². The summed E-state index contributed by atoms with van der Waals surface area (Å²) in [7, 11) is 0. The van der Waals surface area contributed by atoms with Crippen LogP contribution in [0.1, 0.15) is 44.2 Å². The Kier molecular flexibility index (Phi) is 6.22. The Morgan fingerprint density at radius 2 is 1.95 bits per heavy atom. The van der Waals surface area contributed by atoms with Gasteiger partial charge in [-0.1, -0.05) is 26.0 Å².